The van der Waals surface area contributed by atoms with E-state index in [1.54, 1.807) is 18.4 Å². The molecular weight excluding hydrogens is 274 g/mol. The third-order valence-electron chi connectivity index (χ3n) is 3.31. The Morgan fingerprint density at radius 2 is 2.29 bits per heavy atom. The molecule has 0 saturated heterocycles. The van der Waals surface area contributed by atoms with E-state index in [4.69, 9.17) is 4.42 Å². The highest BCUT2D eigenvalue weighted by Gasteiger charge is 2.24. The fraction of sp³-hybridized carbons (Fsp3) is 0.214. The minimum Gasteiger partial charge on any atom is -0.469 e. The number of furan rings is 1. The summed E-state index contributed by atoms with van der Waals surface area (Å²) in [7, 11) is 0. The number of carbonyl (C=O) groups excluding carboxylic acids is 1. The number of hydrogen-bond acceptors (Lipinski definition) is 5. The van der Waals surface area contributed by atoms with Gasteiger partial charge in [0.05, 0.1) is 17.6 Å². The minimum absolute atomic E-state index is 0.0234. The second kappa shape index (κ2) is 5.28. The molecule has 7 nitrogen and oxygen atoms in total. The Bertz CT molecular complexity index is 694. The second-order valence-electron chi connectivity index (χ2n) is 4.76. The maximum absolute atomic E-state index is 11.3. The van der Waals surface area contributed by atoms with Crippen molar-refractivity contribution in [3.05, 3.63) is 52.0 Å². The summed E-state index contributed by atoms with van der Waals surface area (Å²) in [4.78, 5) is 22.0. The van der Waals surface area contributed by atoms with Crippen molar-refractivity contribution in [1.82, 2.24) is 0 Å². The van der Waals surface area contributed by atoms with Gasteiger partial charge in [-0.05, 0) is 23.8 Å². The van der Waals surface area contributed by atoms with Crippen molar-refractivity contribution in [1.29, 1.82) is 0 Å². The van der Waals surface area contributed by atoms with Crippen molar-refractivity contribution in [2.45, 2.75) is 12.8 Å². The molecule has 0 aliphatic carbocycles. The Morgan fingerprint density at radius 1 is 1.43 bits per heavy atom. The average Bonchev–Trinajstić information content (AvgIpc) is 3.05. The van der Waals surface area contributed by atoms with Crippen molar-refractivity contribution < 1.29 is 14.1 Å². The number of carbonyl (C=O) groups is 1. The Labute approximate surface area is 120 Å². The van der Waals surface area contributed by atoms with Gasteiger partial charge in [-0.15, -0.1) is 0 Å². The van der Waals surface area contributed by atoms with Gasteiger partial charge < -0.3 is 15.1 Å². The summed E-state index contributed by atoms with van der Waals surface area (Å²) in [5, 5.41) is 16.8. The first kappa shape index (κ1) is 13.2. The molecule has 0 saturated carbocycles. The smallest absolute Gasteiger partial charge is 0.292 e. The molecule has 2 heterocycles. The van der Waals surface area contributed by atoms with E-state index in [1.165, 1.54) is 6.07 Å². The van der Waals surface area contributed by atoms with Gasteiger partial charge in [-0.2, -0.15) is 0 Å². The predicted molar refractivity (Wildman–Crippen MR) is 76.3 cm³/mol. The number of nitrogens with zero attached hydrogens (tertiary/aromatic N) is 1. The molecule has 1 amide bonds. The summed E-state index contributed by atoms with van der Waals surface area (Å²) >= 11 is 0. The maximum Gasteiger partial charge on any atom is 0.292 e. The Kier molecular flexibility index (Phi) is 3.31. The lowest BCUT2D eigenvalue weighted by Crippen LogP contribution is -2.07. The zero-order valence-corrected chi connectivity index (χ0v) is 11.1. The Hall–Kier alpha value is -2.83. The van der Waals surface area contributed by atoms with Gasteiger partial charge in [0.25, 0.3) is 5.69 Å². The van der Waals surface area contributed by atoms with Crippen molar-refractivity contribution in [2.24, 2.45) is 0 Å². The highest BCUT2D eigenvalue weighted by atomic mass is 16.6. The van der Waals surface area contributed by atoms with Gasteiger partial charge in [-0.25, -0.2) is 0 Å². The topological polar surface area (TPSA) is 97.4 Å². The number of benzene rings is 1. The molecule has 2 N–H and O–H groups in total. The first-order valence-corrected chi connectivity index (χ1v) is 6.51. The van der Waals surface area contributed by atoms with Crippen molar-refractivity contribution >= 4 is 23.0 Å². The summed E-state index contributed by atoms with van der Waals surface area (Å²) in [5.74, 6) is 0.659. The van der Waals surface area contributed by atoms with Gasteiger partial charge in [-0.3, -0.25) is 14.9 Å². The largest absolute Gasteiger partial charge is 0.469 e. The minimum atomic E-state index is -0.446. The summed E-state index contributed by atoms with van der Waals surface area (Å²) in [6.45, 7) is 0.501. The van der Waals surface area contributed by atoms with Gasteiger partial charge in [-0.1, -0.05) is 0 Å². The summed E-state index contributed by atoms with van der Waals surface area (Å²) in [5.41, 5.74) is 1.66. The highest BCUT2D eigenvalue weighted by molar-refractivity contribution is 6.00. The van der Waals surface area contributed by atoms with Crippen LogP contribution < -0.4 is 10.6 Å². The van der Waals surface area contributed by atoms with E-state index in [9.17, 15) is 14.9 Å². The maximum atomic E-state index is 11.3. The summed E-state index contributed by atoms with van der Waals surface area (Å²) < 4.78 is 5.21. The first-order chi connectivity index (χ1) is 10.1. The van der Waals surface area contributed by atoms with E-state index >= 15 is 0 Å². The van der Waals surface area contributed by atoms with Crippen LogP contribution in [0.15, 0.2) is 34.9 Å². The van der Waals surface area contributed by atoms with Crippen LogP contribution in [0.1, 0.15) is 11.3 Å². The number of hydrogen-bond donors (Lipinski definition) is 2. The molecule has 0 fully saturated rings. The van der Waals surface area contributed by atoms with Crippen LogP contribution in [0.4, 0.5) is 17.1 Å². The van der Waals surface area contributed by atoms with Gasteiger partial charge in [0, 0.05) is 24.7 Å². The Morgan fingerprint density at radius 3 is 3.00 bits per heavy atom. The third-order valence-corrected chi connectivity index (χ3v) is 3.31. The van der Waals surface area contributed by atoms with Crippen LogP contribution in [0.3, 0.4) is 0 Å². The van der Waals surface area contributed by atoms with E-state index < -0.39 is 4.92 Å². The number of rotatable bonds is 5. The summed E-state index contributed by atoms with van der Waals surface area (Å²) in [6, 6.07) is 6.70. The number of amides is 1. The second-order valence-corrected chi connectivity index (χ2v) is 4.76. The highest BCUT2D eigenvalue weighted by Crippen LogP contribution is 2.34. The number of fused-ring (bicyclic) bond motifs is 1. The van der Waals surface area contributed by atoms with Gasteiger partial charge in [0.15, 0.2) is 0 Å². The number of nitro benzene ring substituents is 1. The average molecular weight is 287 g/mol. The van der Waals surface area contributed by atoms with Crippen LogP contribution in [0, 0.1) is 10.1 Å². The van der Waals surface area contributed by atoms with Crippen LogP contribution in [0.2, 0.25) is 0 Å². The van der Waals surface area contributed by atoms with E-state index in [2.05, 4.69) is 10.6 Å². The van der Waals surface area contributed by atoms with Gasteiger partial charge in [0.2, 0.25) is 5.91 Å². The van der Waals surface area contributed by atoms with E-state index in [1.807, 2.05) is 6.07 Å². The molecule has 2 aromatic rings. The molecule has 1 aliphatic heterocycles. The Balaban J connectivity index is 1.78. The fourth-order valence-corrected chi connectivity index (χ4v) is 2.33. The monoisotopic (exact) mass is 287 g/mol. The number of nitro groups is 1. The summed E-state index contributed by atoms with van der Waals surface area (Å²) in [6.07, 6.45) is 2.39. The predicted octanol–water partition coefficient (Wildman–Crippen LogP) is 2.34. The van der Waals surface area contributed by atoms with Crippen LogP contribution >= 0.6 is 0 Å². The van der Waals surface area contributed by atoms with E-state index in [-0.39, 0.29) is 18.0 Å². The van der Waals surface area contributed by atoms with Gasteiger partial charge in [0.1, 0.15) is 11.4 Å². The molecule has 3 rings (SSSR count). The standard InChI is InChI=1S/C14H13N3O4/c18-14-7-9-6-13(17(19)20)12(8-11(9)16-14)15-4-3-10-2-1-5-21-10/h1-2,5-6,8,15H,3-4,7H2,(H,16,18). The lowest BCUT2D eigenvalue weighted by atomic mass is 10.1. The van der Waals surface area contributed by atoms with Crippen molar-refractivity contribution in [3.8, 4) is 0 Å². The molecule has 21 heavy (non-hydrogen) atoms. The molecule has 0 radical (unpaired) electrons. The van der Waals surface area contributed by atoms with Crippen LogP contribution in [0.5, 0.6) is 0 Å². The number of nitrogens with one attached hydrogen (secondary N) is 2. The van der Waals surface area contributed by atoms with Crippen molar-refractivity contribution in [3.63, 3.8) is 0 Å². The lowest BCUT2D eigenvalue weighted by Gasteiger charge is -2.08. The molecule has 1 aromatic heterocycles. The molecule has 1 aromatic carbocycles. The van der Waals surface area contributed by atoms with E-state index in [0.29, 0.717) is 29.9 Å². The molecule has 0 atom stereocenters. The zero-order valence-electron chi connectivity index (χ0n) is 11.1. The quantitative estimate of drug-likeness (QED) is 0.649. The van der Waals surface area contributed by atoms with Crippen molar-refractivity contribution in [2.75, 3.05) is 17.2 Å². The lowest BCUT2D eigenvalue weighted by molar-refractivity contribution is -0.384. The third kappa shape index (κ3) is 2.71. The molecular formula is C14H13N3O4. The van der Waals surface area contributed by atoms with Crippen LogP contribution in [0.25, 0.3) is 0 Å². The fourth-order valence-electron chi connectivity index (χ4n) is 2.33. The first-order valence-electron chi connectivity index (χ1n) is 6.51. The molecule has 7 heteroatoms. The molecule has 1 aliphatic rings. The SMILES string of the molecule is O=C1Cc2cc([N+](=O)[O-])c(NCCc3ccco3)cc2N1. The van der Waals surface area contributed by atoms with E-state index in [0.717, 1.165) is 5.76 Å². The molecule has 0 bridgehead atoms. The molecule has 0 unspecified atom stereocenters. The molecule has 0 spiro atoms. The normalized spacial score (nSPS) is 12.9. The number of anilines is 2. The molecule has 108 valence electrons. The van der Waals surface area contributed by atoms with Crippen LogP contribution in [-0.2, 0) is 17.6 Å². The van der Waals surface area contributed by atoms with Crippen LogP contribution in [-0.4, -0.2) is 17.4 Å². The van der Waals surface area contributed by atoms with Gasteiger partial charge >= 0.3 is 0 Å². The zero-order chi connectivity index (χ0) is 14.8.